The number of hydrogen-bond acceptors (Lipinski definition) is 3. The number of nitrogens with zero attached hydrogens (tertiary/aromatic N) is 1. The van der Waals surface area contributed by atoms with Crippen LogP contribution in [-0.2, 0) is 9.59 Å². The van der Waals surface area contributed by atoms with Gasteiger partial charge in [-0.25, -0.2) is 0 Å². The molecule has 138 valence electrons. The maximum Gasteiger partial charge on any atom is 0.226 e. The van der Waals surface area contributed by atoms with Crippen LogP contribution in [0.25, 0.3) is 0 Å². The average molecular weight is 354 g/mol. The van der Waals surface area contributed by atoms with E-state index in [4.69, 9.17) is 4.74 Å². The van der Waals surface area contributed by atoms with Gasteiger partial charge in [0.15, 0.2) is 5.75 Å². The number of amides is 2. The summed E-state index contributed by atoms with van der Waals surface area (Å²) in [7, 11) is 0. The Morgan fingerprint density at radius 1 is 1.08 bits per heavy atom. The SMILES string of the molecule is CCC(C)N(CCC(=O)Nc1ccccc1Oc1ccccc1)C(C)=O. The fourth-order valence-corrected chi connectivity index (χ4v) is 2.62. The third-order valence-corrected chi connectivity index (χ3v) is 4.24. The van der Waals surface area contributed by atoms with E-state index in [0.717, 1.165) is 6.42 Å². The van der Waals surface area contributed by atoms with E-state index in [-0.39, 0.29) is 24.3 Å². The lowest BCUT2D eigenvalue weighted by atomic mass is 10.2. The molecule has 0 heterocycles. The molecule has 2 aromatic rings. The van der Waals surface area contributed by atoms with Crippen molar-refractivity contribution in [2.75, 3.05) is 11.9 Å². The standard InChI is InChI=1S/C21H26N2O3/c1-4-16(2)23(17(3)24)15-14-21(25)22-19-12-8-9-13-20(19)26-18-10-6-5-7-11-18/h5-13,16H,4,14-15H2,1-3H3,(H,22,25). The van der Waals surface area contributed by atoms with Gasteiger partial charge < -0.3 is 15.0 Å². The van der Waals surface area contributed by atoms with Crippen LogP contribution in [-0.4, -0.2) is 29.3 Å². The number of para-hydroxylation sites is 3. The van der Waals surface area contributed by atoms with Crippen LogP contribution < -0.4 is 10.1 Å². The van der Waals surface area contributed by atoms with Gasteiger partial charge in [0, 0.05) is 25.9 Å². The summed E-state index contributed by atoms with van der Waals surface area (Å²) in [4.78, 5) is 25.8. The zero-order valence-corrected chi connectivity index (χ0v) is 15.6. The van der Waals surface area contributed by atoms with Crippen LogP contribution in [0, 0.1) is 0 Å². The van der Waals surface area contributed by atoms with E-state index in [1.54, 1.807) is 11.0 Å². The van der Waals surface area contributed by atoms with Crippen molar-refractivity contribution in [3.63, 3.8) is 0 Å². The monoisotopic (exact) mass is 354 g/mol. The normalized spacial score (nSPS) is 11.5. The third-order valence-electron chi connectivity index (χ3n) is 4.24. The first-order valence-electron chi connectivity index (χ1n) is 8.90. The number of nitrogens with one attached hydrogen (secondary N) is 1. The summed E-state index contributed by atoms with van der Waals surface area (Å²) in [6.45, 7) is 5.95. The Bertz CT molecular complexity index is 731. The minimum atomic E-state index is -0.149. The Kier molecular flexibility index (Phi) is 7.21. The van der Waals surface area contributed by atoms with Crippen LogP contribution in [0.15, 0.2) is 54.6 Å². The summed E-state index contributed by atoms with van der Waals surface area (Å²) in [5, 5.41) is 2.88. The predicted molar refractivity (Wildman–Crippen MR) is 103 cm³/mol. The molecule has 5 heteroatoms. The summed E-state index contributed by atoms with van der Waals surface area (Å²) < 4.78 is 5.85. The fourth-order valence-electron chi connectivity index (χ4n) is 2.62. The summed E-state index contributed by atoms with van der Waals surface area (Å²) in [5.41, 5.74) is 0.610. The molecule has 2 aromatic carbocycles. The smallest absolute Gasteiger partial charge is 0.226 e. The molecule has 2 rings (SSSR count). The van der Waals surface area contributed by atoms with Gasteiger partial charge >= 0.3 is 0 Å². The lowest BCUT2D eigenvalue weighted by Crippen LogP contribution is -2.38. The van der Waals surface area contributed by atoms with Gasteiger partial charge in [0.05, 0.1) is 5.69 Å². The van der Waals surface area contributed by atoms with E-state index in [2.05, 4.69) is 5.32 Å². The topological polar surface area (TPSA) is 58.6 Å². The minimum Gasteiger partial charge on any atom is -0.455 e. The Labute approximate surface area is 155 Å². The van der Waals surface area contributed by atoms with Crippen molar-refractivity contribution in [1.29, 1.82) is 0 Å². The lowest BCUT2D eigenvalue weighted by Gasteiger charge is -2.27. The van der Waals surface area contributed by atoms with Gasteiger partial charge in [-0.2, -0.15) is 0 Å². The van der Waals surface area contributed by atoms with Crippen molar-refractivity contribution in [2.24, 2.45) is 0 Å². The van der Waals surface area contributed by atoms with Crippen molar-refractivity contribution < 1.29 is 14.3 Å². The first-order chi connectivity index (χ1) is 12.5. The van der Waals surface area contributed by atoms with Gasteiger partial charge in [0.2, 0.25) is 11.8 Å². The van der Waals surface area contributed by atoms with E-state index in [1.807, 2.05) is 62.4 Å². The fraction of sp³-hybridized carbons (Fsp3) is 0.333. The van der Waals surface area contributed by atoms with E-state index >= 15 is 0 Å². The number of rotatable bonds is 8. The first-order valence-corrected chi connectivity index (χ1v) is 8.90. The van der Waals surface area contributed by atoms with Gasteiger partial charge in [0.25, 0.3) is 0 Å². The van der Waals surface area contributed by atoms with Crippen LogP contribution in [0.2, 0.25) is 0 Å². The van der Waals surface area contributed by atoms with Gasteiger partial charge in [0.1, 0.15) is 5.75 Å². The molecule has 1 atom stereocenters. The number of carbonyl (C=O) groups excluding carboxylic acids is 2. The molecule has 0 aliphatic rings. The van der Waals surface area contributed by atoms with Crippen molar-refractivity contribution in [1.82, 2.24) is 4.90 Å². The summed E-state index contributed by atoms with van der Waals surface area (Å²) in [5.74, 6) is 1.12. The van der Waals surface area contributed by atoms with Crippen LogP contribution in [0.1, 0.15) is 33.6 Å². The lowest BCUT2D eigenvalue weighted by molar-refractivity contribution is -0.131. The number of carbonyl (C=O) groups is 2. The molecule has 0 aromatic heterocycles. The van der Waals surface area contributed by atoms with Crippen LogP contribution >= 0.6 is 0 Å². The molecule has 26 heavy (non-hydrogen) atoms. The summed E-state index contributed by atoms with van der Waals surface area (Å²) in [6, 6.07) is 16.8. The largest absolute Gasteiger partial charge is 0.455 e. The van der Waals surface area contributed by atoms with E-state index < -0.39 is 0 Å². The average Bonchev–Trinajstić information content (AvgIpc) is 2.64. The number of benzene rings is 2. The second kappa shape index (κ2) is 9.61. The molecule has 0 spiro atoms. The molecule has 0 fully saturated rings. The predicted octanol–water partition coefficient (Wildman–Crippen LogP) is 4.45. The van der Waals surface area contributed by atoms with Crippen molar-refractivity contribution in [3.05, 3.63) is 54.6 Å². The second-order valence-electron chi connectivity index (χ2n) is 6.18. The van der Waals surface area contributed by atoms with E-state index in [9.17, 15) is 9.59 Å². The molecule has 0 radical (unpaired) electrons. The van der Waals surface area contributed by atoms with Crippen molar-refractivity contribution in [3.8, 4) is 11.5 Å². The molecule has 0 saturated heterocycles. The van der Waals surface area contributed by atoms with Gasteiger partial charge in [-0.1, -0.05) is 37.3 Å². The van der Waals surface area contributed by atoms with Crippen LogP contribution in [0.5, 0.6) is 11.5 Å². The molecule has 0 saturated carbocycles. The maximum atomic E-state index is 12.4. The Morgan fingerprint density at radius 2 is 1.73 bits per heavy atom. The Morgan fingerprint density at radius 3 is 2.38 bits per heavy atom. The molecular weight excluding hydrogens is 328 g/mol. The van der Waals surface area contributed by atoms with Crippen LogP contribution in [0.4, 0.5) is 5.69 Å². The van der Waals surface area contributed by atoms with Crippen molar-refractivity contribution in [2.45, 2.75) is 39.7 Å². The van der Waals surface area contributed by atoms with Gasteiger partial charge in [-0.3, -0.25) is 9.59 Å². The minimum absolute atomic E-state index is 0.0139. The van der Waals surface area contributed by atoms with Gasteiger partial charge in [-0.15, -0.1) is 0 Å². The molecule has 0 bridgehead atoms. The highest BCUT2D eigenvalue weighted by molar-refractivity contribution is 5.92. The molecule has 1 N–H and O–H groups in total. The molecule has 2 amide bonds. The van der Waals surface area contributed by atoms with Gasteiger partial charge in [-0.05, 0) is 37.6 Å². The Hall–Kier alpha value is -2.82. The number of anilines is 1. The highest BCUT2D eigenvalue weighted by Gasteiger charge is 2.17. The maximum absolute atomic E-state index is 12.4. The van der Waals surface area contributed by atoms with E-state index in [0.29, 0.717) is 23.7 Å². The molecule has 1 unspecified atom stereocenters. The van der Waals surface area contributed by atoms with Crippen LogP contribution in [0.3, 0.4) is 0 Å². The van der Waals surface area contributed by atoms with E-state index in [1.165, 1.54) is 6.92 Å². The first kappa shape index (κ1) is 19.5. The molecule has 5 nitrogen and oxygen atoms in total. The Balaban J connectivity index is 2.00. The van der Waals surface area contributed by atoms with Crippen molar-refractivity contribution >= 4 is 17.5 Å². The number of hydrogen-bond donors (Lipinski definition) is 1. The molecule has 0 aliphatic carbocycles. The zero-order chi connectivity index (χ0) is 18.9. The molecule has 0 aliphatic heterocycles. The molecular formula is C21H26N2O3. The quantitative estimate of drug-likeness (QED) is 0.762. The highest BCUT2D eigenvalue weighted by Crippen LogP contribution is 2.29. The third kappa shape index (κ3) is 5.62. The second-order valence-corrected chi connectivity index (χ2v) is 6.18. The zero-order valence-electron chi connectivity index (χ0n) is 15.6. The summed E-state index contributed by atoms with van der Waals surface area (Å²) >= 11 is 0. The summed E-state index contributed by atoms with van der Waals surface area (Å²) in [6.07, 6.45) is 1.10. The highest BCUT2D eigenvalue weighted by atomic mass is 16.5. The number of ether oxygens (including phenoxy) is 1.